The summed E-state index contributed by atoms with van der Waals surface area (Å²) >= 11 is 0. The molecule has 0 unspecified atom stereocenters. The maximum Gasteiger partial charge on any atom is 0.0163 e. The molecule has 0 saturated heterocycles. The van der Waals surface area contributed by atoms with Gasteiger partial charge in [-0.15, -0.1) is 0 Å². The number of hydrogen-bond donors (Lipinski definition) is 2. The summed E-state index contributed by atoms with van der Waals surface area (Å²) in [5.74, 6) is 0. The van der Waals surface area contributed by atoms with Crippen LogP contribution in [0, 0.1) is 0 Å². The lowest BCUT2D eigenvalue weighted by molar-refractivity contribution is 0.559. The summed E-state index contributed by atoms with van der Waals surface area (Å²) in [4.78, 5) is 0. The topological polar surface area (TPSA) is 52.0 Å². The van der Waals surface area contributed by atoms with E-state index in [1.54, 1.807) is 0 Å². The zero-order valence-corrected chi connectivity index (χ0v) is 13.1. The van der Waals surface area contributed by atoms with Gasteiger partial charge in [0.25, 0.3) is 0 Å². The third kappa shape index (κ3) is 15.6. The fraction of sp³-hybridized carbons (Fsp3) is 0.882. The summed E-state index contributed by atoms with van der Waals surface area (Å²) < 4.78 is 0. The molecule has 4 N–H and O–H groups in total. The lowest BCUT2D eigenvalue weighted by atomic mass is 10.1. The molecule has 0 aromatic carbocycles. The maximum absolute atomic E-state index is 5.77. The van der Waals surface area contributed by atoms with Crippen LogP contribution in [0.15, 0.2) is 12.2 Å². The molecule has 0 saturated carbocycles. The second-order valence-corrected chi connectivity index (χ2v) is 5.66. The van der Waals surface area contributed by atoms with Crippen molar-refractivity contribution in [1.29, 1.82) is 0 Å². The molecule has 0 aliphatic rings. The first-order valence-electron chi connectivity index (χ1n) is 8.42. The predicted molar refractivity (Wildman–Crippen MR) is 87.2 cm³/mol. The van der Waals surface area contributed by atoms with Crippen molar-refractivity contribution < 1.29 is 0 Å². The third-order valence-corrected chi connectivity index (χ3v) is 3.64. The molecule has 2 heteroatoms. The monoisotopic (exact) mass is 268 g/mol. The Hall–Kier alpha value is -0.340. The van der Waals surface area contributed by atoms with E-state index in [1.807, 2.05) is 0 Å². The van der Waals surface area contributed by atoms with Crippen LogP contribution in [0.2, 0.25) is 0 Å². The normalized spacial score (nSPS) is 13.2. The standard InChI is InChI=1S/C17H36N2/c1-2-3-4-5-6-7-8-9-10-11-12-13-14-15-17(19)16-18/h9-10,17H,2-8,11-16,18-19H2,1H3/b10-9-/t17-/m0/s1. The predicted octanol–water partition coefficient (Wildman–Crippen LogP) is 4.53. The van der Waals surface area contributed by atoms with Gasteiger partial charge in [-0.05, 0) is 32.1 Å². The van der Waals surface area contributed by atoms with Crippen molar-refractivity contribution in [1.82, 2.24) is 0 Å². The van der Waals surface area contributed by atoms with E-state index in [0.717, 1.165) is 6.42 Å². The molecule has 0 fully saturated rings. The molecule has 0 heterocycles. The Balaban J connectivity index is 3.09. The molecule has 2 nitrogen and oxygen atoms in total. The molecule has 0 aromatic heterocycles. The molecular weight excluding hydrogens is 232 g/mol. The molecule has 0 aliphatic heterocycles. The van der Waals surface area contributed by atoms with Crippen LogP contribution in [0.5, 0.6) is 0 Å². The van der Waals surface area contributed by atoms with Gasteiger partial charge >= 0.3 is 0 Å². The lowest BCUT2D eigenvalue weighted by Crippen LogP contribution is -2.29. The van der Waals surface area contributed by atoms with E-state index in [4.69, 9.17) is 11.5 Å². The zero-order chi connectivity index (χ0) is 14.2. The van der Waals surface area contributed by atoms with Crippen molar-refractivity contribution in [2.24, 2.45) is 11.5 Å². The molecule has 0 aromatic rings. The average Bonchev–Trinajstić information content (AvgIpc) is 2.43. The van der Waals surface area contributed by atoms with E-state index in [2.05, 4.69) is 19.1 Å². The van der Waals surface area contributed by atoms with E-state index in [9.17, 15) is 0 Å². The van der Waals surface area contributed by atoms with Crippen LogP contribution in [-0.4, -0.2) is 12.6 Å². The molecule has 0 bridgehead atoms. The van der Waals surface area contributed by atoms with E-state index in [-0.39, 0.29) is 6.04 Å². The molecule has 0 amide bonds. The van der Waals surface area contributed by atoms with Crippen LogP contribution in [0.1, 0.15) is 84.0 Å². The van der Waals surface area contributed by atoms with Crippen molar-refractivity contribution >= 4 is 0 Å². The number of hydrogen-bond acceptors (Lipinski definition) is 2. The van der Waals surface area contributed by atoms with E-state index < -0.39 is 0 Å². The summed E-state index contributed by atoms with van der Waals surface area (Å²) in [6.07, 6.45) is 20.5. The summed E-state index contributed by atoms with van der Waals surface area (Å²) in [7, 11) is 0. The Kier molecular flexibility index (Phi) is 15.4. The highest BCUT2D eigenvalue weighted by atomic mass is 14.7. The Bertz CT molecular complexity index is 190. The molecule has 1 atom stereocenters. The minimum atomic E-state index is 0.211. The Labute approximate surface area is 121 Å². The second kappa shape index (κ2) is 15.7. The van der Waals surface area contributed by atoms with Gasteiger partial charge in [0.1, 0.15) is 0 Å². The van der Waals surface area contributed by atoms with Crippen LogP contribution < -0.4 is 11.5 Å². The summed E-state index contributed by atoms with van der Waals surface area (Å²) in [5.41, 5.74) is 11.3. The average molecular weight is 268 g/mol. The van der Waals surface area contributed by atoms with Crippen molar-refractivity contribution in [3.8, 4) is 0 Å². The Morgan fingerprint density at radius 3 is 1.89 bits per heavy atom. The van der Waals surface area contributed by atoms with Crippen molar-refractivity contribution in [3.63, 3.8) is 0 Å². The van der Waals surface area contributed by atoms with E-state index in [1.165, 1.54) is 70.6 Å². The van der Waals surface area contributed by atoms with Gasteiger partial charge in [0.2, 0.25) is 0 Å². The van der Waals surface area contributed by atoms with Crippen LogP contribution in [0.4, 0.5) is 0 Å². The van der Waals surface area contributed by atoms with Crippen LogP contribution in [0.3, 0.4) is 0 Å². The van der Waals surface area contributed by atoms with Gasteiger partial charge in [-0.1, -0.05) is 64.0 Å². The van der Waals surface area contributed by atoms with Gasteiger partial charge in [0, 0.05) is 12.6 Å². The lowest BCUT2D eigenvalue weighted by Gasteiger charge is -2.06. The molecule has 19 heavy (non-hydrogen) atoms. The second-order valence-electron chi connectivity index (χ2n) is 5.66. The van der Waals surface area contributed by atoms with Crippen molar-refractivity contribution in [3.05, 3.63) is 12.2 Å². The summed E-state index contributed by atoms with van der Waals surface area (Å²) in [6, 6.07) is 0.211. The zero-order valence-electron chi connectivity index (χ0n) is 13.1. The smallest absolute Gasteiger partial charge is 0.0163 e. The molecule has 0 spiro atoms. The number of nitrogens with two attached hydrogens (primary N) is 2. The van der Waals surface area contributed by atoms with Gasteiger partial charge in [0.15, 0.2) is 0 Å². The number of rotatable bonds is 14. The molecule has 0 rings (SSSR count). The summed E-state index contributed by atoms with van der Waals surface area (Å²) in [6.45, 7) is 2.89. The first kappa shape index (κ1) is 18.7. The SMILES string of the molecule is CCCCCCCC/C=C\CCCCC[C@H](N)CN. The Morgan fingerprint density at radius 2 is 1.32 bits per heavy atom. The van der Waals surface area contributed by atoms with Gasteiger partial charge in [-0.3, -0.25) is 0 Å². The number of allylic oxidation sites excluding steroid dienone is 2. The van der Waals surface area contributed by atoms with Crippen LogP contribution in [0.25, 0.3) is 0 Å². The molecule has 0 aliphatic carbocycles. The highest BCUT2D eigenvalue weighted by molar-refractivity contribution is 4.81. The van der Waals surface area contributed by atoms with Gasteiger partial charge in [-0.25, -0.2) is 0 Å². The number of unbranched alkanes of at least 4 members (excludes halogenated alkanes) is 9. The minimum Gasteiger partial charge on any atom is -0.329 e. The van der Waals surface area contributed by atoms with Crippen LogP contribution >= 0.6 is 0 Å². The van der Waals surface area contributed by atoms with Crippen molar-refractivity contribution in [2.45, 2.75) is 90.0 Å². The quantitative estimate of drug-likeness (QED) is 0.359. The summed E-state index contributed by atoms with van der Waals surface area (Å²) in [5, 5.41) is 0. The highest BCUT2D eigenvalue weighted by Gasteiger charge is 1.97. The molecule has 0 radical (unpaired) electrons. The van der Waals surface area contributed by atoms with Gasteiger partial charge < -0.3 is 11.5 Å². The van der Waals surface area contributed by atoms with Crippen LogP contribution in [-0.2, 0) is 0 Å². The van der Waals surface area contributed by atoms with E-state index >= 15 is 0 Å². The first-order valence-corrected chi connectivity index (χ1v) is 8.42. The fourth-order valence-corrected chi connectivity index (χ4v) is 2.24. The van der Waals surface area contributed by atoms with E-state index in [0.29, 0.717) is 6.54 Å². The molecule has 114 valence electrons. The largest absolute Gasteiger partial charge is 0.329 e. The van der Waals surface area contributed by atoms with Crippen molar-refractivity contribution in [2.75, 3.05) is 6.54 Å². The fourth-order valence-electron chi connectivity index (χ4n) is 2.24. The highest BCUT2D eigenvalue weighted by Crippen LogP contribution is 2.08. The van der Waals surface area contributed by atoms with Gasteiger partial charge in [-0.2, -0.15) is 0 Å². The van der Waals surface area contributed by atoms with Gasteiger partial charge in [0.05, 0.1) is 0 Å². The third-order valence-electron chi connectivity index (χ3n) is 3.64. The Morgan fingerprint density at radius 1 is 0.789 bits per heavy atom. The maximum atomic E-state index is 5.77. The first-order chi connectivity index (χ1) is 9.31. The molecular formula is C17H36N2. The minimum absolute atomic E-state index is 0.211.